The molecule has 0 N–H and O–H groups in total. The van der Waals surface area contributed by atoms with Crippen LogP contribution in [-0.2, 0) is 10.1 Å². The fraction of sp³-hybridized carbons (Fsp3) is 0.250. The molecule has 0 amide bonds. The molecule has 0 aromatic heterocycles. The van der Waals surface area contributed by atoms with E-state index in [1.807, 2.05) is 0 Å². The predicted molar refractivity (Wildman–Crippen MR) is 56.6 cm³/mol. The lowest BCUT2D eigenvalue weighted by atomic mass is 10.3. The van der Waals surface area contributed by atoms with Crippen molar-refractivity contribution in [3.63, 3.8) is 0 Å². The second-order valence-electron chi connectivity index (χ2n) is 2.48. The van der Waals surface area contributed by atoms with Crippen molar-refractivity contribution in [2.45, 2.75) is 6.92 Å². The van der Waals surface area contributed by atoms with Crippen LogP contribution < -0.4 is 4.18 Å². The number of benzene rings is 1. The molecule has 0 unspecified atom stereocenters. The van der Waals surface area contributed by atoms with Crippen LogP contribution in [0.25, 0.3) is 0 Å². The normalized spacial score (nSPS) is 11.4. The molecule has 0 saturated heterocycles. The molecular weight excluding hydrogens is 247 g/mol. The molecule has 1 aromatic carbocycles. The molecule has 3 nitrogen and oxygen atoms in total. The summed E-state index contributed by atoms with van der Waals surface area (Å²) >= 11 is 11.4. The minimum absolute atomic E-state index is 0.0565. The van der Waals surface area contributed by atoms with E-state index >= 15 is 0 Å². The van der Waals surface area contributed by atoms with E-state index in [1.165, 1.54) is 13.0 Å². The Bertz CT molecular complexity index is 428. The standard InChI is InChI=1S/C8H8Cl2O3S/c1-2-14(11,12)13-7-5-3-4-6(9)8(7)10/h3-5H,2H2,1H3. The van der Waals surface area contributed by atoms with Gasteiger partial charge in [-0.3, -0.25) is 0 Å². The van der Waals surface area contributed by atoms with Gasteiger partial charge in [-0.15, -0.1) is 0 Å². The van der Waals surface area contributed by atoms with Crippen molar-refractivity contribution < 1.29 is 12.6 Å². The lowest BCUT2D eigenvalue weighted by molar-refractivity contribution is 0.487. The Labute approximate surface area is 92.7 Å². The zero-order valence-corrected chi connectivity index (χ0v) is 9.66. The molecule has 0 fully saturated rings. The van der Waals surface area contributed by atoms with Crippen molar-refractivity contribution in [1.82, 2.24) is 0 Å². The maximum atomic E-state index is 11.1. The first-order valence-electron chi connectivity index (χ1n) is 3.82. The Morgan fingerprint density at radius 2 is 2.00 bits per heavy atom. The van der Waals surface area contributed by atoms with E-state index in [1.54, 1.807) is 12.1 Å². The Morgan fingerprint density at radius 3 is 2.57 bits per heavy atom. The van der Waals surface area contributed by atoms with Crippen LogP contribution in [-0.4, -0.2) is 14.2 Å². The quantitative estimate of drug-likeness (QED) is 0.780. The largest absolute Gasteiger partial charge is 0.381 e. The van der Waals surface area contributed by atoms with Gasteiger partial charge >= 0.3 is 10.1 Å². The summed E-state index contributed by atoms with van der Waals surface area (Å²) in [6.45, 7) is 1.48. The molecule has 0 atom stereocenters. The first-order valence-corrected chi connectivity index (χ1v) is 6.16. The fourth-order valence-electron chi connectivity index (χ4n) is 0.744. The first-order chi connectivity index (χ1) is 6.46. The van der Waals surface area contributed by atoms with Crippen LogP contribution in [0.5, 0.6) is 5.75 Å². The smallest absolute Gasteiger partial charge is 0.308 e. The van der Waals surface area contributed by atoms with Gasteiger partial charge in [0.15, 0.2) is 5.75 Å². The number of halogens is 2. The molecule has 6 heteroatoms. The van der Waals surface area contributed by atoms with E-state index in [0.717, 1.165) is 0 Å². The summed E-state index contributed by atoms with van der Waals surface area (Å²) in [6.07, 6.45) is 0. The van der Waals surface area contributed by atoms with E-state index in [2.05, 4.69) is 0 Å². The second-order valence-corrected chi connectivity index (χ2v) is 5.13. The van der Waals surface area contributed by atoms with Gasteiger partial charge in [-0.1, -0.05) is 29.3 Å². The van der Waals surface area contributed by atoms with Crippen LogP contribution in [0.2, 0.25) is 10.0 Å². The van der Waals surface area contributed by atoms with Gasteiger partial charge in [0.1, 0.15) is 5.02 Å². The molecule has 0 aliphatic carbocycles. The minimum atomic E-state index is -3.55. The van der Waals surface area contributed by atoms with Gasteiger partial charge in [-0.05, 0) is 19.1 Å². The topological polar surface area (TPSA) is 43.4 Å². The summed E-state index contributed by atoms with van der Waals surface area (Å²) in [5.41, 5.74) is 0. The Kier molecular flexibility index (Phi) is 3.64. The van der Waals surface area contributed by atoms with Gasteiger partial charge in [0, 0.05) is 0 Å². The van der Waals surface area contributed by atoms with Gasteiger partial charge < -0.3 is 4.18 Å². The van der Waals surface area contributed by atoms with Crippen LogP contribution in [0.1, 0.15) is 6.92 Å². The van der Waals surface area contributed by atoms with Gasteiger partial charge in [0.25, 0.3) is 0 Å². The average molecular weight is 255 g/mol. The monoisotopic (exact) mass is 254 g/mol. The summed E-state index contributed by atoms with van der Waals surface area (Å²) < 4.78 is 26.9. The second kappa shape index (κ2) is 4.38. The molecule has 0 radical (unpaired) electrons. The van der Waals surface area contributed by atoms with E-state index < -0.39 is 10.1 Å². The molecule has 78 valence electrons. The Balaban J connectivity index is 3.05. The molecule has 0 spiro atoms. The SMILES string of the molecule is CCS(=O)(=O)Oc1cccc(Cl)c1Cl. The Hall–Kier alpha value is -0.450. The maximum absolute atomic E-state index is 11.1. The highest BCUT2D eigenvalue weighted by Gasteiger charge is 2.13. The van der Waals surface area contributed by atoms with Gasteiger partial charge in [0.05, 0.1) is 10.8 Å². The zero-order valence-electron chi connectivity index (χ0n) is 7.33. The summed E-state index contributed by atoms with van der Waals surface area (Å²) in [4.78, 5) is 0. The maximum Gasteiger partial charge on any atom is 0.308 e. The first kappa shape index (κ1) is 11.6. The fourth-order valence-corrected chi connectivity index (χ4v) is 1.65. The molecule has 0 aliphatic rings. The molecular formula is C8H8Cl2O3S. The predicted octanol–water partition coefficient (Wildman–Crippen LogP) is 2.72. The number of rotatable bonds is 3. The molecule has 1 aromatic rings. The summed E-state index contributed by atoms with van der Waals surface area (Å²) in [6, 6.07) is 4.56. The summed E-state index contributed by atoms with van der Waals surface area (Å²) in [5, 5.41) is 0.363. The van der Waals surface area contributed by atoms with Gasteiger partial charge in [-0.25, -0.2) is 0 Å². The highest BCUT2D eigenvalue weighted by atomic mass is 35.5. The van der Waals surface area contributed by atoms with Crippen LogP contribution in [0.4, 0.5) is 0 Å². The number of hydrogen-bond donors (Lipinski definition) is 0. The molecule has 0 heterocycles. The van der Waals surface area contributed by atoms with Gasteiger partial charge in [-0.2, -0.15) is 8.42 Å². The minimum Gasteiger partial charge on any atom is -0.381 e. The van der Waals surface area contributed by atoms with Gasteiger partial charge in [0.2, 0.25) is 0 Å². The summed E-state index contributed by atoms with van der Waals surface area (Å²) in [5.74, 6) is -0.0587. The van der Waals surface area contributed by atoms with E-state index in [-0.39, 0.29) is 21.5 Å². The van der Waals surface area contributed by atoms with Crippen LogP contribution >= 0.6 is 23.2 Å². The highest BCUT2D eigenvalue weighted by Crippen LogP contribution is 2.32. The molecule has 0 bridgehead atoms. The van der Waals surface area contributed by atoms with Crippen molar-refractivity contribution in [1.29, 1.82) is 0 Å². The molecule has 1 rings (SSSR count). The third-order valence-electron chi connectivity index (χ3n) is 1.49. The lowest BCUT2D eigenvalue weighted by Gasteiger charge is -2.06. The van der Waals surface area contributed by atoms with Crippen molar-refractivity contribution >= 4 is 33.3 Å². The highest BCUT2D eigenvalue weighted by molar-refractivity contribution is 7.87. The van der Waals surface area contributed by atoms with Crippen LogP contribution in [0.15, 0.2) is 18.2 Å². The van der Waals surface area contributed by atoms with Crippen molar-refractivity contribution in [3.8, 4) is 5.75 Å². The third kappa shape index (κ3) is 2.77. The average Bonchev–Trinajstić information content (AvgIpc) is 2.13. The van der Waals surface area contributed by atoms with Crippen molar-refractivity contribution in [2.24, 2.45) is 0 Å². The van der Waals surface area contributed by atoms with Crippen molar-refractivity contribution in [2.75, 3.05) is 5.75 Å². The van der Waals surface area contributed by atoms with Crippen LogP contribution in [0.3, 0.4) is 0 Å². The molecule has 14 heavy (non-hydrogen) atoms. The molecule has 0 aliphatic heterocycles. The van der Waals surface area contributed by atoms with Crippen LogP contribution in [0, 0.1) is 0 Å². The number of hydrogen-bond acceptors (Lipinski definition) is 3. The molecule has 0 saturated carbocycles. The lowest BCUT2D eigenvalue weighted by Crippen LogP contribution is -2.11. The zero-order chi connectivity index (χ0) is 10.8. The van der Waals surface area contributed by atoms with E-state index in [9.17, 15) is 8.42 Å². The summed E-state index contributed by atoms with van der Waals surface area (Å²) in [7, 11) is -3.55. The van der Waals surface area contributed by atoms with E-state index in [0.29, 0.717) is 0 Å². The third-order valence-corrected chi connectivity index (χ3v) is 3.43. The van der Waals surface area contributed by atoms with E-state index in [4.69, 9.17) is 27.4 Å². The Morgan fingerprint density at radius 1 is 1.36 bits per heavy atom. The van der Waals surface area contributed by atoms with Crippen molar-refractivity contribution in [3.05, 3.63) is 28.2 Å².